The molecular weight excluding hydrogens is 626 g/mol. The van der Waals surface area contributed by atoms with E-state index in [1.165, 1.54) is 25.0 Å². The average Bonchev–Trinajstić information content (AvgIpc) is 3.67. The van der Waals surface area contributed by atoms with Crippen LogP contribution in [-0.4, -0.2) is 72.9 Å². The minimum Gasteiger partial charge on any atom is -0.390 e. The molecule has 1 amide bonds. The predicted octanol–water partition coefficient (Wildman–Crippen LogP) is 6.46. The number of carbonyl (C=O) groups is 1. The molecule has 9 heteroatoms. The zero-order valence-electron chi connectivity index (χ0n) is 30.4. The highest BCUT2D eigenvalue weighted by Crippen LogP contribution is 2.89. The number of carbonyl (C=O) groups excluding carboxylic acids is 1. The van der Waals surface area contributed by atoms with Crippen molar-refractivity contribution in [3.05, 3.63) is 35.4 Å². The van der Waals surface area contributed by atoms with Gasteiger partial charge in [-0.05, 0) is 114 Å². The molecule has 0 radical (unpaired) electrons. The third-order valence-corrected chi connectivity index (χ3v) is 16.2. The summed E-state index contributed by atoms with van der Waals surface area (Å²) < 4.78 is 47.1. The van der Waals surface area contributed by atoms with Gasteiger partial charge in [0.05, 0.1) is 37.6 Å². The highest BCUT2D eigenvalue weighted by Gasteiger charge is 2.84. The van der Waals surface area contributed by atoms with E-state index >= 15 is 0 Å². The van der Waals surface area contributed by atoms with Crippen LogP contribution in [-0.2, 0) is 25.5 Å². The van der Waals surface area contributed by atoms with E-state index in [9.17, 15) is 18.7 Å². The number of hydrogen-bond donors (Lipinski definition) is 2. The molecule has 2 aliphatic heterocycles. The van der Waals surface area contributed by atoms with Gasteiger partial charge in [0, 0.05) is 38.0 Å². The lowest BCUT2D eigenvalue weighted by Gasteiger charge is -2.64. The van der Waals surface area contributed by atoms with Gasteiger partial charge >= 0.3 is 0 Å². The molecule has 2 N–H and O–H groups in total. The van der Waals surface area contributed by atoms with Crippen LogP contribution in [0, 0.1) is 62.4 Å². The fourth-order valence-electron chi connectivity index (χ4n) is 14.0. The summed E-state index contributed by atoms with van der Waals surface area (Å²) in [7, 11) is 0. The first-order valence-corrected chi connectivity index (χ1v) is 19.2. The van der Waals surface area contributed by atoms with Gasteiger partial charge < -0.3 is 29.5 Å². The van der Waals surface area contributed by atoms with E-state index in [4.69, 9.17) is 14.2 Å². The summed E-state index contributed by atoms with van der Waals surface area (Å²) in [5, 5.41) is 15.9. The van der Waals surface area contributed by atoms with Crippen molar-refractivity contribution in [3.63, 3.8) is 0 Å². The Morgan fingerprint density at radius 3 is 2.49 bits per heavy atom. The Hall–Kier alpha value is -1.65. The third kappa shape index (κ3) is 4.90. The fourth-order valence-corrected chi connectivity index (χ4v) is 14.0. The number of nitrogens with one attached hydrogen (secondary N) is 1. The lowest BCUT2D eigenvalue weighted by Crippen LogP contribution is -2.60. The van der Waals surface area contributed by atoms with Crippen LogP contribution >= 0.6 is 0 Å². The molecule has 3 unspecified atom stereocenters. The van der Waals surface area contributed by atoms with E-state index in [1.54, 1.807) is 6.92 Å². The summed E-state index contributed by atoms with van der Waals surface area (Å²) in [6.07, 6.45) is 7.95. The zero-order valence-corrected chi connectivity index (χ0v) is 30.4. The predicted molar refractivity (Wildman–Crippen MR) is 181 cm³/mol. The molecule has 7 fully saturated rings. The van der Waals surface area contributed by atoms with Gasteiger partial charge in [-0.2, -0.15) is 0 Å². The van der Waals surface area contributed by atoms with Crippen molar-refractivity contribution in [2.75, 3.05) is 26.2 Å². The summed E-state index contributed by atoms with van der Waals surface area (Å²) in [6.45, 7) is 16.3. The first-order valence-electron chi connectivity index (χ1n) is 19.2. The average molecular weight is 685 g/mol. The molecule has 7 aliphatic rings. The molecule has 272 valence electrons. The SMILES string of the molecule is CC(=O)N1CCOC(OC2CC[C@]34C[C@]35CC[C@]3(C)C6[C@H](C)C[C@H](CNCc7cc(F)cc(F)c7)O[C@@H]6[C@H](O)[C@@]3(C)[C@@H]5CC[C@H]4C2(C)C)C1. The van der Waals surface area contributed by atoms with Crippen LogP contribution < -0.4 is 5.32 Å². The van der Waals surface area contributed by atoms with Gasteiger partial charge in [-0.3, -0.25) is 4.79 Å². The summed E-state index contributed by atoms with van der Waals surface area (Å²) in [6, 6.07) is 3.64. The maximum Gasteiger partial charge on any atom is 0.219 e. The van der Waals surface area contributed by atoms with Crippen LogP contribution in [0.4, 0.5) is 8.78 Å². The van der Waals surface area contributed by atoms with Crippen molar-refractivity contribution in [2.45, 2.75) is 130 Å². The number of rotatable bonds is 6. The monoisotopic (exact) mass is 684 g/mol. The molecule has 2 saturated heterocycles. The second kappa shape index (κ2) is 11.7. The molecule has 5 aliphatic carbocycles. The van der Waals surface area contributed by atoms with Gasteiger partial charge in [0.2, 0.25) is 5.91 Å². The lowest BCUT2D eigenvalue weighted by molar-refractivity contribution is -0.247. The van der Waals surface area contributed by atoms with E-state index in [0.717, 1.165) is 44.6 Å². The Bertz CT molecular complexity index is 1460. The molecule has 0 bridgehead atoms. The van der Waals surface area contributed by atoms with E-state index in [2.05, 4.69) is 39.9 Å². The third-order valence-electron chi connectivity index (χ3n) is 16.2. The topological polar surface area (TPSA) is 80.3 Å². The Kier molecular flexibility index (Phi) is 8.21. The Balaban J connectivity index is 0.980. The van der Waals surface area contributed by atoms with Crippen molar-refractivity contribution in [1.82, 2.24) is 10.2 Å². The first-order chi connectivity index (χ1) is 23.2. The van der Waals surface area contributed by atoms with Gasteiger partial charge in [-0.25, -0.2) is 8.78 Å². The minimum atomic E-state index is -0.564. The maximum atomic E-state index is 13.7. The number of nitrogens with zero attached hydrogens (tertiary/aromatic N) is 1. The molecule has 2 spiro atoms. The fraction of sp³-hybridized carbons (Fsp3) is 0.825. The Morgan fingerprint density at radius 1 is 1.04 bits per heavy atom. The van der Waals surface area contributed by atoms with Crippen LogP contribution in [0.5, 0.6) is 0 Å². The van der Waals surface area contributed by atoms with Crippen LogP contribution in [0.1, 0.15) is 98.5 Å². The van der Waals surface area contributed by atoms with Crippen LogP contribution in [0.25, 0.3) is 0 Å². The van der Waals surface area contributed by atoms with Crippen molar-refractivity contribution >= 4 is 5.91 Å². The van der Waals surface area contributed by atoms with Gasteiger partial charge in [-0.15, -0.1) is 0 Å². The van der Waals surface area contributed by atoms with E-state index in [1.807, 2.05) is 4.90 Å². The van der Waals surface area contributed by atoms with Crippen LogP contribution in [0.3, 0.4) is 0 Å². The number of aliphatic hydroxyl groups is 1. The second-order valence-electron chi connectivity index (χ2n) is 18.4. The minimum absolute atomic E-state index is 0.00272. The van der Waals surface area contributed by atoms with Gasteiger partial charge in [0.1, 0.15) is 11.6 Å². The van der Waals surface area contributed by atoms with E-state index in [-0.39, 0.29) is 52.2 Å². The number of benzene rings is 1. The molecule has 5 saturated carbocycles. The lowest BCUT2D eigenvalue weighted by atomic mass is 9.41. The number of ether oxygens (including phenoxy) is 3. The number of hydrogen-bond acceptors (Lipinski definition) is 6. The molecule has 1 aromatic carbocycles. The smallest absolute Gasteiger partial charge is 0.219 e. The summed E-state index contributed by atoms with van der Waals surface area (Å²) >= 11 is 0. The van der Waals surface area contributed by atoms with Crippen molar-refractivity contribution < 1.29 is 32.9 Å². The van der Waals surface area contributed by atoms with E-state index < -0.39 is 17.7 Å². The Morgan fingerprint density at radius 2 is 1.76 bits per heavy atom. The summed E-state index contributed by atoms with van der Waals surface area (Å²) in [5.41, 5.74) is 0.902. The molecule has 0 aromatic heterocycles. The first kappa shape index (κ1) is 34.4. The Labute approximate surface area is 291 Å². The van der Waals surface area contributed by atoms with Crippen LogP contribution in [0.15, 0.2) is 18.2 Å². The van der Waals surface area contributed by atoms with Crippen molar-refractivity contribution in [1.29, 1.82) is 0 Å². The number of aliphatic hydroxyl groups excluding tert-OH is 1. The normalized spacial score (nSPS) is 48.1. The molecule has 7 nitrogen and oxygen atoms in total. The van der Waals surface area contributed by atoms with Crippen molar-refractivity contribution in [3.8, 4) is 0 Å². The number of halogens is 2. The number of amides is 1. The van der Waals surface area contributed by atoms with Gasteiger partial charge in [0.25, 0.3) is 0 Å². The quantitative estimate of drug-likeness (QED) is 0.359. The summed E-state index contributed by atoms with van der Waals surface area (Å²) in [4.78, 5) is 13.9. The highest BCUT2D eigenvalue weighted by atomic mass is 19.1. The maximum absolute atomic E-state index is 13.7. The second-order valence-corrected chi connectivity index (χ2v) is 18.4. The highest BCUT2D eigenvalue weighted by molar-refractivity contribution is 5.73. The van der Waals surface area contributed by atoms with Gasteiger partial charge in [-0.1, -0.05) is 34.6 Å². The molecule has 13 atom stereocenters. The molecule has 1 aromatic rings. The standard InChI is InChI=1S/C40H58F2N2O5/c1-23-15-28(20-43-19-25-16-26(41)18-27(42)17-25)48-34-33(23)37(5)11-12-40-22-39(40)10-9-31(49-32-21-44(24(2)45)13-14-47-32)36(3,4)29(39)7-8-30(40)38(37,6)35(34)46/h16-18,23,28-35,43,46H,7-15,19-22H2,1-6H3/t23-,28-,29+,30+,31?,32?,33?,34+,35+,37-,38-,39-,40+/m1/s1. The molecule has 49 heavy (non-hydrogen) atoms. The van der Waals surface area contributed by atoms with Gasteiger partial charge in [0.15, 0.2) is 6.29 Å². The molecular formula is C40H58F2N2O5. The molecule has 2 heterocycles. The van der Waals surface area contributed by atoms with E-state index in [0.29, 0.717) is 67.4 Å². The number of morpholine rings is 1. The molecule has 8 rings (SSSR count). The zero-order chi connectivity index (χ0) is 34.7. The largest absolute Gasteiger partial charge is 0.390 e. The van der Waals surface area contributed by atoms with Crippen molar-refractivity contribution in [2.24, 2.45) is 50.7 Å². The van der Waals surface area contributed by atoms with Crippen LogP contribution in [0.2, 0.25) is 0 Å². The number of fused-ring (bicyclic) bond motifs is 4. The summed E-state index contributed by atoms with van der Waals surface area (Å²) in [5.74, 6) is 0.686.